The lowest BCUT2D eigenvalue weighted by Crippen LogP contribution is -2.06. The zero-order valence-electron chi connectivity index (χ0n) is 12.3. The Kier molecular flexibility index (Phi) is 3.44. The van der Waals surface area contributed by atoms with Crippen LogP contribution in [0.3, 0.4) is 0 Å². The minimum Gasteiger partial charge on any atom is -0.497 e. The lowest BCUT2D eigenvalue weighted by atomic mass is 10.1. The molecule has 108 valence electrons. The van der Waals surface area contributed by atoms with Crippen LogP contribution in [0.1, 0.15) is 11.1 Å². The van der Waals surface area contributed by atoms with Gasteiger partial charge in [-0.25, -0.2) is 4.79 Å². The van der Waals surface area contributed by atoms with Crippen molar-refractivity contribution in [3.05, 3.63) is 64.0 Å². The maximum atomic E-state index is 11.5. The molecule has 2 aromatic rings. The van der Waals surface area contributed by atoms with E-state index in [2.05, 4.69) is 30.2 Å². The summed E-state index contributed by atoms with van der Waals surface area (Å²) in [6, 6.07) is 13.7. The van der Waals surface area contributed by atoms with E-state index in [-0.39, 0.29) is 0 Å². The van der Waals surface area contributed by atoms with Crippen LogP contribution >= 0.6 is 0 Å². The third-order valence-electron chi connectivity index (χ3n) is 3.60. The van der Waals surface area contributed by atoms with Gasteiger partial charge < -0.3 is 9.15 Å². The van der Waals surface area contributed by atoms with E-state index in [0.717, 1.165) is 5.39 Å². The number of hydrogen-bond donors (Lipinski definition) is 0. The van der Waals surface area contributed by atoms with Gasteiger partial charge in [-0.2, -0.15) is 0 Å². The molecule has 1 aromatic heterocycles. The zero-order valence-corrected chi connectivity index (χ0v) is 12.3. The van der Waals surface area contributed by atoms with Crippen molar-refractivity contribution in [3.63, 3.8) is 0 Å². The van der Waals surface area contributed by atoms with Crippen molar-refractivity contribution in [1.29, 1.82) is 0 Å². The van der Waals surface area contributed by atoms with Crippen molar-refractivity contribution in [1.82, 2.24) is 0 Å². The highest BCUT2D eigenvalue weighted by Gasteiger charge is 2.09. The zero-order chi connectivity index (χ0) is 15.7. The fraction of sp³-hybridized carbons (Fsp3) is 0.105. The minimum atomic E-state index is -0.409. The first-order chi connectivity index (χ1) is 10.6. The normalized spacial score (nSPS) is 10.4. The number of methoxy groups -OCH3 is 1. The summed E-state index contributed by atoms with van der Waals surface area (Å²) in [5, 5.41) is 0.750. The quantitative estimate of drug-likeness (QED) is 0.396. The van der Waals surface area contributed by atoms with E-state index < -0.39 is 5.63 Å². The number of ether oxygens (including phenoxy) is 1. The molecular weight excluding hydrogens is 276 g/mol. The van der Waals surface area contributed by atoms with Crippen molar-refractivity contribution in [3.8, 4) is 29.2 Å². The summed E-state index contributed by atoms with van der Waals surface area (Å²) in [7, 11) is 1.55. The molecule has 3 nitrogen and oxygen atoms in total. The van der Waals surface area contributed by atoms with Crippen LogP contribution < -0.4 is 10.4 Å². The monoisotopic (exact) mass is 290 g/mol. The molecule has 0 unspecified atom stereocenters. The van der Waals surface area contributed by atoms with Crippen molar-refractivity contribution in [2.24, 2.45) is 0 Å². The molecule has 0 N–H and O–H groups in total. The van der Waals surface area contributed by atoms with Crippen LogP contribution in [0.2, 0.25) is 0 Å². The Labute approximate surface area is 128 Å². The van der Waals surface area contributed by atoms with Crippen molar-refractivity contribution in [2.75, 3.05) is 7.11 Å². The van der Waals surface area contributed by atoms with Crippen LogP contribution in [-0.2, 0) is 0 Å². The highest BCUT2D eigenvalue weighted by Crippen LogP contribution is 2.32. The molecule has 0 fully saturated rings. The molecule has 0 radical (unpaired) electrons. The van der Waals surface area contributed by atoms with Gasteiger partial charge in [0.1, 0.15) is 11.3 Å². The van der Waals surface area contributed by atoms with Crippen LogP contribution in [0.25, 0.3) is 22.1 Å². The van der Waals surface area contributed by atoms with Crippen LogP contribution in [0.4, 0.5) is 0 Å². The maximum Gasteiger partial charge on any atom is 0.340 e. The molecule has 22 heavy (non-hydrogen) atoms. The van der Waals surface area contributed by atoms with Gasteiger partial charge in [-0.15, -0.1) is 6.42 Å². The molecule has 2 aliphatic carbocycles. The van der Waals surface area contributed by atoms with E-state index in [1.807, 2.05) is 0 Å². The molecule has 2 aliphatic rings. The molecule has 0 spiro atoms. The predicted octanol–water partition coefficient (Wildman–Crippen LogP) is 3.76. The Balaban J connectivity index is 0.000000196. The van der Waals surface area contributed by atoms with Gasteiger partial charge in [0.2, 0.25) is 0 Å². The number of terminal acetylenes is 1. The lowest BCUT2D eigenvalue weighted by Gasteiger charge is -2.04. The van der Waals surface area contributed by atoms with Gasteiger partial charge in [0, 0.05) is 17.0 Å². The highest BCUT2D eigenvalue weighted by atomic mass is 16.5. The number of benzene rings is 2. The average molecular weight is 290 g/mol. The van der Waals surface area contributed by atoms with Crippen LogP contribution in [0.5, 0.6) is 5.75 Å². The number of fused-ring (bicyclic) bond motifs is 2. The second-order valence-corrected chi connectivity index (χ2v) is 4.98. The molecule has 1 heterocycles. The van der Waals surface area contributed by atoms with E-state index >= 15 is 0 Å². The number of rotatable bonds is 1. The molecule has 0 saturated carbocycles. The van der Waals surface area contributed by atoms with E-state index in [0.29, 0.717) is 22.5 Å². The molecule has 0 aliphatic heterocycles. The van der Waals surface area contributed by atoms with Crippen molar-refractivity contribution in [2.45, 2.75) is 6.92 Å². The fourth-order valence-corrected chi connectivity index (χ4v) is 2.26. The van der Waals surface area contributed by atoms with Gasteiger partial charge in [-0.05, 0) is 36.2 Å². The van der Waals surface area contributed by atoms with Gasteiger partial charge in [0.25, 0.3) is 0 Å². The molecule has 0 amide bonds. The average Bonchev–Trinajstić information content (AvgIpc) is 3.14. The molecule has 1 aromatic carbocycles. The molecule has 3 heteroatoms. The van der Waals surface area contributed by atoms with Crippen LogP contribution in [0, 0.1) is 19.3 Å². The Morgan fingerprint density at radius 3 is 2.36 bits per heavy atom. The first-order valence-corrected chi connectivity index (χ1v) is 6.82. The first-order valence-electron chi connectivity index (χ1n) is 6.82. The predicted molar refractivity (Wildman–Crippen MR) is 87.1 cm³/mol. The van der Waals surface area contributed by atoms with E-state index in [4.69, 9.17) is 15.6 Å². The minimum absolute atomic E-state index is 0.409. The SMILES string of the molecule is C#Cc1c(C)c(=O)oc2cc(OC)ccc12.c1cc2cc-2c1. The van der Waals surface area contributed by atoms with Gasteiger partial charge in [0.05, 0.1) is 12.7 Å². The summed E-state index contributed by atoms with van der Waals surface area (Å²) in [5.74, 6) is 3.14. The van der Waals surface area contributed by atoms with E-state index in [9.17, 15) is 4.79 Å². The summed E-state index contributed by atoms with van der Waals surface area (Å²) in [6.45, 7) is 1.66. The van der Waals surface area contributed by atoms with Gasteiger partial charge in [-0.3, -0.25) is 0 Å². The fourth-order valence-electron chi connectivity index (χ4n) is 2.26. The summed E-state index contributed by atoms with van der Waals surface area (Å²) >= 11 is 0. The molecule has 4 rings (SSSR count). The molecule has 0 bridgehead atoms. The second kappa shape index (κ2) is 5.42. The van der Waals surface area contributed by atoms with Crippen LogP contribution in [0.15, 0.2) is 51.7 Å². The van der Waals surface area contributed by atoms with E-state index in [1.165, 1.54) is 11.1 Å². The largest absolute Gasteiger partial charge is 0.497 e. The summed E-state index contributed by atoms with van der Waals surface area (Å²) in [4.78, 5) is 11.5. The summed E-state index contributed by atoms with van der Waals surface area (Å²) < 4.78 is 10.2. The maximum absolute atomic E-state index is 11.5. The standard InChI is InChI=1S/C13H10O3.C6H4/c1-4-10-8(2)13(14)16-12-7-9(15-3)5-6-11(10)12;1-2-5-4-6(5)3-1/h1,5-7H,2-3H3;1-4H. The smallest absolute Gasteiger partial charge is 0.340 e. The Morgan fingerprint density at radius 2 is 1.86 bits per heavy atom. The van der Waals surface area contributed by atoms with Gasteiger partial charge in [0.15, 0.2) is 0 Å². The Bertz CT molecular complexity index is 941. The third-order valence-corrected chi connectivity index (χ3v) is 3.60. The molecule has 0 saturated heterocycles. The topological polar surface area (TPSA) is 39.4 Å². The van der Waals surface area contributed by atoms with E-state index in [1.54, 1.807) is 32.2 Å². The van der Waals surface area contributed by atoms with Gasteiger partial charge in [-0.1, -0.05) is 24.1 Å². The van der Waals surface area contributed by atoms with Crippen LogP contribution in [-0.4, -0.2) is 7.11 Å². The third kappa shape index (κ3) is 2.47. The molecule has 0 atom stereocenters. The lowest BCUT2D eigenvalue weighted by molar-refractivity contribution is 0.414. The summed E-state index contributed by atoms with van der Waals surface area (Å²) in [6.07, 6.45) is 5.39. The van der Waals surface area contributed by atoms with Gasteiger partial charge >= 0.3 is 5.63 Å². The highest BCUT2D eigenvalue weighted by molar-refractivity contribution is 5.85. The Hall–Kier alpha value is -2.99. The number of hydrogen-bond acceptors (Lipinski definition) is 3. The second-order valence-electron chi connectivity index (χ2n) is 4.98. The summed E-state index contributed by atoms with van der Waals surface area (Å²) in [5.41, 5.74) is 3.93. The molecular formula is C19H14O3. The van der Waals surface area contributed by atoms with Crippen molar-refractivity contribution >= 4 is 11.0 Å². The Morgan fingerprint density at radius 1 is 1.14 bits per heavy atom. The first kappa shape index (κ1) is 14.0. The van der Waals surface area contributed by atoms with Crippen molar-refractivity contribution < 1.29 is 9.15 Å².